The van der Waals surface area contributed by atoms with E-state index >= 15 is 0 Å². The summed E-state index contributed by atoms with van der Waals surface area (Å²) in [6.07, 6.45) is 4.63. The number of hydrogen-bond donors (Lipinski definition) is 0. The van der Waals surface area contributed by atoms with E-state index in [1.165, 1.54) is 126 Å². The van der Waals surface area contributed by atoms with Crippen LogP contribution in [0.2, 0.25) is 0 Å². The largest absolute Gasteiger partial charge is 0.310 e. The lowest BCUT2D eigenvalue weighted by atomic mass is 9.39. The second kappa shape index (κ2) is 16.8. The molecule has 0 N–H and O–H groups in total. The molecule has 80 heavy (non-hydrogen) atoms. The van der Waals surface area contributed by atoms with Gasteiger partial charge in [-0.1, -0.05) is 160 Å². The number of benzene rings is 6. The molecule has 0 saturated heterocycles. The van der Waals surface area contributed by atoms with Crippen molar-refractivity contribution in [1.82, 2.24) is 9.55 Å². The third-order valence-corrected chi connectivity index (χ3v) is 22.2. The highest BCUT2D eigenvalue weighted by molar-refractivity contribution is 7.40. The lowest BCUT2D eigenvalue weighted by Crippen LogP contribution is -2.59. The molecular weight excluding hydrogens is 1010 g/mol. The van der Waals surface area contributed by atoms with E-state index in [0.717, 1.165) is 35.9 Å². The van der Waals surface area contributed by atoms with E-state index < -0.39 is 0 Å². The average molecular weight is 1090 g/mol. The van der Waals surface area contributed by atoms with Gasteiger partial charge in [0.2, 0.25) is 0 Å². The second-order valence-corrected chi connectivity index (χ2v) is 32.4. The molecular formula is C73H79BN4S2. The van der Waals surface area contributed by atoms with Crippen LogP contribution in [0, 0.1) is 0 Å². The Labute approximate surface area is 484 Å². The molecule has 0 fully saturated rings. The molecule has 0 atom stereocenters. The van der Waals surface area contributed by atoms with E-state index in [-0.39, 0.29) is 44.6 Å². The van der Waals surface area contributed by atoms with Gasteiger partial charge in [-0.05, 0) is 181 Å². The Morgan fingerprint density at radius 1 is 0.438 bits per heavy atom. The van der Waals surface area contributed by atoms with Crippen LogP contribution in [-0.4, -0.2) is 16.3 Å². The van der Waals surface area contributed by atoms with Crippen LogP contribution in [0.4, 0.5) is 34.3 Å². The number of aromatic nitrogens is 2. The first kappa shape index (κ1) is 52.0. The van der Waals surface area contributed by atoms with Gasteiger partial charge >= 0.3 is 0 Å². The molecule has 0 bridgehead atoms. The van der Waals surface area contributed by atoms with Crippen LogP contribution in [0.5, 0.6) is 0 Å². The molecule has 4 nitrogen and oxygen atoms in total. The Bertz CT molecular complexity index is 4160. The quantitative estimate of drug-likeness (QED) is 0.165. The number of anilines is 6. The number of hydrogen-bond acceptors (Lipinski definition) is 5. The van der Waals surface area contributed by atoms with Gasteiger partial charge in [0.05, 0.1) is 22.4 Å². The fourth-order valence-electron chi connectivity index (χ4n) is 14.5. The number of thiophene rings is 2. The number of rotatable bonds is 3. The topological polar surface area (TPSA) is 24.3 Å². The molecule has 10 aromatic rings. The Balaban J connectivity index is 1.18. The summed E-state index contributed by atoms with van der Waals surface area (Å²) in [7, 11) is 0. The van der Waals surface area contributed by atoms with Crippen molar-refractivity contribution in [3.8, 4) is 5.82 Å². The van der Waals surface area contributed by atoms with Gasteiger partial charge < -0.3 is 4.90 Å². The summed E-state index contributed by atoms with van der Waals surface area (Å²) in [4.78, 5) is 11.6. The summed E-state index contributed by atoms with van der Waals surface area (Å²) in [6.45, 7) is 40.9. The zero-order chi connectivity index (χ0) is 56.3. The van der Waals surface area contributed by atoms with Crippen molar-refractivity contribution in [3.05, 3.63) is 160 Å². The number of fused-ring (bicyclic) bond motifs is 13. The first-order chi connectivity index (χ1) is 37.5. The van der Waals surface area contributed by atoms with E-state index in [9.17, 15) is 0 Å². The van der Waals surface area contributed by atoms with Crippen LogP contribution in [0.3, 0.4) is 0 Å². The van der Waals surface area contributed by atoms with Gasteiger partial charge in [-0.2, -0.15) is 0 Å². The summed E-state index contributed by atoms with van der Waals surface area (Å²) in [5, 5.41) is 5.27. The maximum Gasteiger partial charge on any atom is 0.279 e. The molecule has 0 radical (unpaired) electrons. The van der Waals surface area contributed by atoms with Gasteiger partial charge in [-0.3, -0.25) is 9.47 Å². The van der Waals surface area contributed by atoms with Crippen molar-refractivity contribution >= 4 is 121 Å². The van der Waals surface area contributed by atoms with E-state index in [0.29, 0.717) is 0 Å². The molecule has 14 rings (SSSR count). The van der Waals surface area contributed by atoms with Crippen LogP contribution in [0.25, 0.3) is 47.8 Å². The molecule has 7 heteroatoms. The van der Waals surface area contributed by atoms with E-state index in [1.54, 1.807) is 0 Å². The van der Waals surface area contributed by atoms with Crippen molar-refractivity contribution < 1.29 is 0 Å². The first-order valence-corrected chi connectivity index (χ1v) is 31.3. The van der Waals surface area contributed by atoms with E-state index in [2.05, 4.69) is 253 Å². The van der Waals surface area contributed by atoms with Crippen LogP contribution >= 0.6 is 22.7 Å². The molecule has 0 saturated carbocycles. The predicted molar refractivity (Wildman–Crippen MR) is 350 cm³/mol. The molecule has 0 unspecified atom stereocenters. The summed E-state index contributed by atoms with van der Waals surface area (Å²) in [5.41, 5.74) is 19.8. The van der Waals surface area contributed by atoms with E-state index in [1.807, 2.05) is 22.7 Å². The molecule has 2 aliphatic heterocycles. The van der Waals surface area contributed by atoms with Gasteiger partial charge in [0.1, 0.15) is 11.6 Å². The zero-order valence-corrected chi connectivity index (χ0v) is 52.2. The van der Waals surface area contributed by atoms with Crippen molar-refractivity contribution in [2.45, 2.75) is 181 Å². The SMILES string of the molecule is CC(C)(C)c1ccc(N2c3nc(-n4c5cc6c(cc5c5cc7c(cc54)C(C)(C)CCC7(C)C)C(C)(C)CCC6(C)C)cc4c3B(c3sc5ccc(C(C)(C)C)cc5c3N4c3ccccc3)c3sc4ccc(C(C)(C)C)cc4c32)cc1. The van der Waals surface area contributed by atoms with Crippen molar-refractivity contribution in [3.63, 3.8) is 0 Å². The standard InChI is InChI=1S/C73H79BN4S2/c1-67(2,3)42-23-27-46(28-24-42)77-63-50-36-44(69(7,8)9)26-30-59(50)80-65(63)74-61-57(76(45-21-19-18-20-22-45)62-49-35-43(68(4,5)6)25-29-58(49)79-64(62)74)41-60(75-66(61)77)78-55-39-53-51(70(10,11)31-33-72(53,14)15)37-47(55)48-38-52-54(40-56(48)78)73(16,17)34-32-71(52,12)13/h18-30,35-41H,31-34H2,1-17H3. The molecule has 2 aliphatic carbocycles. The molecule has 6 heterocycles. The summed E-state index contributed by atoms with van der Waals surface area (Å²) in [6, 6.07) is 48.4. The van der Waals surface area contributed by atoms with Crippen molar-refractivity contribution in [2.24, 2.45) is 0 Å². The minimum Gasteiger partial charge on any atom is -0.310 e. The minimum absolute atomic E-state index is 0.00615. The van der Waals surface area contributed by atoms with Crippen LogP contribution < -0.4 is 24.8 Å². The van der Waals surface area contributed by atoms with Crippen LogP contribution in [0.1, 0.15) is 182 Å². The highest BCUT2D eigenvalue weighted by Gasteiger charge is 2.49. The van der Waals surface area contributed by atoms with Gasteiger partial charge in [0, 0.05) is 63.6 Å². The third kappa shape index (κ3) is 7.60. The summed E-state index contributed by atoms with van der Waals surface area (Å²) in [5.74, 6) is 1.96. The van der Waals surface area contributed by atoms with Crippen LogP contribution in [0.15, 0.2) is 121 Å². The molecule has 406 valence electrons. The maximum absolute atomic E-state index is 6.36. The highest BCUT2D eigenvalue weighted by atomic mass is 32.1. The van der Waals surface area contributed by atoms with Gasteiger partial charge in [-0.15, -0.1) is 22.7 Å². The second-order valence-electron chi connectivity index (χ2n) is 30.2. The fourth-order valence-corrected chi connectivity index (χ4v) is 17.1. The van der Waals surface area contributed by atoms with Gasteiger partial charge in [0.15, 0.2) is 0 Å². The molecule has 0 spiro atoms. The molecule has 4 aromatic heterocycles. The van der Waals surface area contributed by atoms with Gasteiger partial charge in [-0.25, -0.2) is 4.98 Å². The van der Waals surface area contributed by atoms with E-state index in [4.69, 9.17) is 4.98 Å². The Kier molecular flexibility index (Phi) is 10.9. The number of para-hydroxylation sites is 1. The minimum atomic E-state index is -0.0502. The first-order valence-electron chi connectivity index (χ1n) is 29.7. The van der Waals surface area contributed by atoms with Crippen molar-refractivity contribution in [2.75, 3.05) is 9.80 Å². The van der Waals surface area contributed by atoms with Gasteiger partial charge in [0.25, 0.3) is 6.71 Å². The molecule has 6 aromatic carbocycles. The smallest absolute Gasteiger partial charge is 0.279 e. The summed E-state index contributed by atoms with van der Waals surface area (Å²) >= 11 is 3.97. The number of pyridine rings is 1. The average Bonchev–Trinajstić information content (AvgIpc) is 4.24. The lowest BCUT2D eigenvalue weighted by molar-refractivity contribution is 0.332. The number of nitrogens with zero attached hydrogens (tertiary/aromatic N) is 4. The maximum atomic E-state index is 6.36. The highest BCUT2D eigenvalue weighted by Crippen LogP contribution is 2.55. The fraction of sp³-hybridized carbons (Fsp3) is 0.384. The Morgan fingerprint density at radius 2 is 0.850 bits per heavy atom. The predicted octanol–water partition coefficient (Wildman–Crippen LogP) is 19.3. The monoisotopic (exact) mass is 1090 g/mol. The molecule has 0 amide bonds. The Morgan fingerprint density at radius 3 is 1.30 bits per heavy atom. The lowest BCUT2D eigenvalue weighted by Gasteiger charge is -2.42. The third-order valence-electron chi connectivity index (χ3n) is 19.8. The molecule has 4 aliphatic rings. The van der Waals surface area contributed by atoms with Crippen LogP contribution in [-0.2, 0) is 37.9 Å². The summed E-state index contributed by atoms with van der Waals surface area (Å²) < 4.78 is 8.02. The van der Waals surface area contributed by atoms with Crippen molar-refractivity contribution in [1.29, 1.82) is 0 Å². The Hall–Kier alpha value is -6.15. The zero-order valence-electron chi connectivity index (χ0n) is 50.6. The normalized spacial score (nSPS) is 17.9.